The summed E-state index contributed by atoms with van der Waals surface area (Å²) in [4.78, 5) is 0. The SMILES string of the molecule is Nc1cc(CNC2CC2)on1. The van der Waals surface area contributed by atoms with Gasteiger partial charge in [0.1, 0.15) is 0 Å². The van der Waals surface area contributed by atoms with Crippen molar-refractivity contribution in [3.63, 3.8) is 0 Å². The van der Waals surface area contributed by atoms with Gasteiger partial charge in [-0.2, -0.15) is 0 Å². The van der Waals surface area contributed by atoms with Gasteiger partial charge in [0, 0.05) is 12.1 Å². The third-order valence-electron chi connectivity index (χ3n) is 1.72. The van der Waals surface area contributed by atoms with E-state index in [1.807, 2.05) is 0 Å². The topological polar surface area (TPSA) is 64.1 Å². The first kappa shape index (κ1) is 6.67. The van der Waals surface area contributed by atoms with Crippen LogP contribution in [0.2, 0.25) is 0 Å². The van der Waals surface area contributed by atoms with Crippen LogP contribution in [0.15, 0.2) is 10.6 Å². The van der Waals surface area contributed by atoms with Gasteiger partial charge in [0.05, 0.1) is 6.54 Å². The highest BCUT2D eigenvalue weighted by Gasteiger charge is 2.20. The lowest BCUT2D eigenvalue weighted by molar-refractivity contribution is 0.375. The molecule has 0 atom stereocenters. The van der Waals surface area contributed by atoms with Gasteiger partial charge in [0.25, 0.3) is 0 Å². The summed E-state index contributed by atoms with van der Waals surface area (Å²) in [7, 11) is 0. The Hall–Kier alpha value is -1.03. The molecule has 0 amide bonds. The molecule has 3 N–H and O–H groups in total. The number of hydrogen-bond acceptors (Lipinski definition) is 4. The lowest BCUT2D eigenvalue weighted by atomic mass is 10.4. The molecule has 1 aliphatic carbocycles. The number of nitrogens with one attached hydrogen (secondary N) is 1. The number of nitrogens with two attached hydrogens (primary N) is 1. The molecule has 0 bridgehead atoms. The van der Waals surface area contributed by atoms with Crippen LogP contribution in [-0.2, 0) is 6.54 Å². The molecule has 0 saturated heterocycles. The molecule has 0 unspecified atom stereocenters. The van der Waals surface area contributed by atoms with Crippen LogP contribution in [0.1, 0.15) is 18.6 Å². The van der Waals surface area contributed by atoms with E-state index in [9.17, 15) is 0 Å². The Balaban J connectivity index is 1.85. The molecule has 0 spiro atoms. The van der Waals surface area contributed by atoms with Crippen molar-refractivity contribution < 1.29 is 4.52 Å². The highest BCUT2D eigenvalue weighted by Crippen LogP contribution is 2.19. The summed E-state index contributed by atoms with van der Waals surface area (Å²) in [6, 6.07) is 2.44. The third kappa shape index (κ3) is 1.71. The van der Waals surface area contributed by atoms with E-state index < -0.39 is 0 Å². The maximum atomic E-state index is 5.37. The molecule has 11 heavy (non-hydrogen) atoms. The fourth-order valence-corrected chi connectivity index (χ4v) is 0.945. The number of aromatic nitrogens is 1. The predicted molar refractivity (Wildman–Crippen MR) is 40.8 cm³/mol. The maximum Gasteiger partial charge on any atom is 0.167 e. The van der Waals surface area contributed by atoms with Crippen molar-refractivity contribution in [2.45, 2.75) is 25.4 Å². The molecule has 1 aromatic rings. The van der Waals surface area contributed by atoms with Crippen molar-refractivity contribution >= 4 is 5.82 Å². The van der Waals surface area contributed by atoms with Crippen molar-refractivity contribution in [2.75, 3.05) is 5.73 Å². The van der Waals surface area contributed by atoms with Gasteiger partial charge >= 0.3 is 0 Å². The second-order valence-corrected chi connectivity index (χ2v) is 2.87. The average Bonchev–Trinajstić information content (AvgIpc) is 2.72. The molecule has 4 nitrogen and oxygen atoms in total. The van der Waals surface area contributed by atoms with E-state index in [-0.39, 0.29) is 0 Å². The molecule has 1 aliphatic rings. The van der Waals surface area contributed by atoms with Crippen LogP contribution in [0.5, 0.6) is 0 Å². The van der Waals surface area contributed by atoms with Crippen LogP contribution in [0.25, 0.3) is 0 Å². The van der Waals surface area contributed by atoms with Crippen molar-refractivity contribution in [2.24, 2.45) is 0 Å². The number of anilines is 1. The zero-order valence-corrected chi connectivity index (χ0v) is 6.21. The van der Waals surface area contributed by atoms with E-state index >= 15 is 0 Å². The van der Waals surface area contributed by atoms with Crippen LogP contribution in [0.3, 0.4) is 0 Å². The maximum absolute atomic E-state index is 5.37. The molecule has 1 fully saturated rings. The van der Waals surface area contributed by atoms with Crippen LogP contribution < -0.4 is 11.1 Å². The molecule has 2 rings (SSSR count). The highest BCUT2D eigenvalue weighted by atomic mass is 16.5. The van der Waals surface area contributed by atoms with Gasteiger partial charge < -0.3 is 15.6 Å². The van der Waals surface area contributed by atoms with E-state index in [0.29, 0.717) is 11.9 Å². The fraction of sp³-hybridized carbons (Fsp3) is 0.571. The fourth-order valence-electron chi connectivity index (χ4n) is 0.945. The van der Waals surface area contributed by atoms with E-state index in [4.69, 9.17) is 10.3 Å². The van der Waals surface area contributed by atoms with Gasteiger partial charge in [0.2, 0.25) is 0 Å². The largest absolute Gasteiger partial charge is 0.381 e. The van der Waals surface area contributed by atoms with E-state index in [1.165, 1.54) is 12.8 Å². The van der Waals surface area contributed by atoms with Gasteiger partial charge in [-0.1, -0.05) is 5.16 Å². The van der Waals surface area contributed by atoms with Crippen LogP contribution in [0, 0.1) is 0 Å². The van der Waals surface area contributed by atoms with Gasteiger partial charge in [0.15, 0.2) is 11.6 Å². The molecule has 0 radical (unpaired) electrons. The van der Waals surface area contributed by atoms with Crippen LogP contribution in [-0.4, -0.2) is 11.2 Å². The van der Waals surface area contributed by atoms with E-state index in [1.54, 1.807) is 6.07 Å². The third-order valence-corrected chi connectivity index (χ3v) is 1.72. The first-order valence-electron chi connectivity index (χ1n) is 3.79. The molecule has 1 heterocycles. The van der Waals surface area contributed by atoms with Gasteiger partial charge in [-0.15, -0.1) is 0 Å². The van der Waals surface area contributed by atoms with Gasteiger partial charge in [-0.05, 0) is 12.8 Å². The number of rotatable bonds is 3. The molecular formula is C7H11N3O. The summed E-state index contributed by atoms with van der Waals surface area (Å²) < 4.78 is 4.90. The average molecular weight is 153 g/mol. The number of nitrogens with zero attached hydrogens (tertiary/aromatic N) is 1. The summed E-state index contributed by atoms with van der Waals surface area (Å²) >= 11 is 0. The van der Waals surface area contributed by atoms with Crippen molar-refractivity contribution in [3.05, 3.63) is 11.8 Å². The molecular weight excluding hydrogens is 142 g/mol. The number of hydrogen-bond donors (Lipinski definition) is 2. The minimum Gasteiger partial charge on any atom is -0.381 e. The lowest BCUT2D eigenvalue weighted by Crippen LogP contribution is -2.14. The first-order valence-corrected chi connectivity index (χ1v) is 3.79. The first-order chi connectivity index (χ1) is 5.34. The second kappa shape index (κ2) is 2.54. The Bertz CT molecular complexity index is 242. The second-order valence-electron chi connectivity index (χ2n) is 2.87. The minimum absolute atomic E-state index is 0.456. The molecule has 4 heteroatoms. The smallest absolute Gasteiger partial charge is 0.167 e. The van der Waals surface area contributed by atoms with Crippen molar-refractivity contribution in [3.8, 4) is 0 Å². The summed E-state index contributed by atoms with van der Waals surface area (Å²) in [6.45, 7) is 0.745. The molecule has 0 aliphatic heterocycles. The summed E-state index contributed by atoms with van der Waals surface area (Å²) in [5, 5.41) is 6.87. The van der Waals surface area contributed by atoms with Gasteiger partial charge in [-0.3, -0.25) is 0 Å². The quantitative estimate of drug-likeness (QED) is 0.664. The number of nitrogen functional groups attached to an aromatic ring is 1. The van der Waals surface area contributed by atoms with Crippen LogP contribution in [0.4, 0.5) is 5.82 Å². The molecule has 1 saturated carbocycles. The molecule has 0 aromatic carbocycles. The summed E-state index contributed by atoms with van der Waals surface area (Å²) in [5.74, 6) is 1.27. The summed E-state index contributed by atoms with van der Waals surface area (Å²) in [6.07, 6.45) is 2.56. The van der Waals surface area contributed by atoms with Crippen LogP contribution >= 0.6 is 0 Å². The Kier molecular flexibility index (Phi) is 1.54. The highest BCUT2D eigenvalue weighted by molar-refractivity contribution is 5.26. The Morgan fingerprint density at radius 3 is 3.09 bits per heavy atom. The monoisotopic (exact) mass is 153 g/mol. The lowest BCUT2D eigenvalue weighted by Gasteiger charge is -1.95. The zero-order valence-electron chi connectivity index (χ0n) is 6.21. The summed E-state index contributed by atoms with van der Waals surface area (Å²) in [5.41, 5.74) is 5.37. The normalized spacial score (nSPS) is 17.1. The van der Waals surface area contributed by atoms with Crippen molar-refractivity contribution in [1.82, 2.24) is 10.5 Å². The predicted octanol–water partition coefficient (Wildman–Crippen LogP) is 0.509. The Morgan fingerprint density at radius 1 is 1.73 bits per heavy atom. The van der Waals surface area contributed by atoms with Crippen molar-refractivity contribution in [1.29, 1.82) is 0 Å². The van der Waals surface area contributed by atoms with E-state index in [2.05, 4.69) is 10.5 Å². The van der Waals surface area contributed by atoms with E-state index in [0.717, 1.165) is 12.3 Å². The zero-order chi connectivity index (χ0) is 7.68. The molecule has 1 aromatic heterocycles. The van der Waals surface area contributed by atoms with Gasteiger partial charge in [-0.25, -0.2) is 0 Å². The Morgan fingerprint density at radius 2 is 2.55 bits per heavy atom. The molecule has 60 valence electrons. The standard InChI is InChI=1S/C7H11N3O/c8-7-3-6(11-10-7)4-9-5-1-2-5/h3,5,9H,1-2,4H2,(H2,8,10). The Labute approximate surface area is 64.7 Å². The minimum atomic E-state index is 0.456.